The van der Waals surface area contributed by atoms with Crippen LogP contribution in [-0.4, -0.2) is 11.1 Å². The zero-order valence-electron chi connectivity index (χ0n) is 7.81. The maximum atomic E-state index is 11.1. The molecule has 0 aromatic heterocycles. The molecule has 4 heteroatoms. The molecule has 0 spiro atoms. The van der Waals surface area contributed by atoms with E-state index in [1.807, 2.05) is 24.3 Å². The van der Waals surface area contributed by atoms with Crippen molar-refractivity contribution >= 4 is 28.7 Å². The Kier molecular flexibility index (Phi) is 2.62. The van der Waals surface area contributed by atoms with Gasteiger partial charge < -0.3 is 5.11 Å². The molecule has 0 radical (unpaired) electrons. The lowest BCUT2D eigenvalue weighted by Gasteiger charge is -2.06. The molecule has 0 amide bonds. The number of aromatic carboxylic acids is 1. The minimum Gasteiger partial charge on any atom is -0.478 e. The summed E-state index contributed by atoms with van der Waals surface area (Å²) >= 11 is 0.958. The minimum absolute atomic E-state index is 0.278. The average molecular weight is 219 g/mol. The molecular formula is C11H9NO2S. The molecule has 0 saturated heterocycles. The summed E-state index contributed by atoms with van der Waals surface area (Å²) in [5, 5.41) is 16.2. The topological polar surface area (TPSA) is 63.3 Å². The van der Waals surface area contributed by atoms with Crippen LogP contribution in [0, 0.1) is 0 Å². The van der Waals surface area contributed by atoms with Gasteiger partial charge in [0.1, 0.15) is 0 Å². The second-order valence-corrected chi connectivity index (χ2v) is 3.76. The quantitative estimate of drug-likeness (QED) is 0.762. The first kappa shape index (κ1) is 10.0. The summed E-state index contributed by atoms with van der Waals surface area (Å²) in [6, 6.07) is 11.0. The first-order valence-corrected chi connectivity index (χ1v) is 5.24. The van der Waals surface area contributed by atoms with E-state index in [0.29, 0.717) is 4.90 Å². The number of carboxylic acids is 1. The number of hydrogen-bond acceptors (Lipinski definition) is 3. The first-order valence-electron chi connectivity index (χ1n) is 4.36. The highest BCUT2D eigenvalue weighted by molar-refractivity contribution is 7.97. The van der Waals surface area contributed by atoms with Crippen LogP contribution in [-0.2, 0) is 0 Å². The summed E-state index contributed by atoms with van der Waals surface area (Å²) in [5.41, 5.74) is 0.278. The summed E-state index contributed by atoms with van der Waals surface area (Å²) < 4.78 is 0. The van der Waals surface area contributed by atoms with Crippen LogP contribution in [0.3, 0.4) is 0 Å². The Morgan fingerprint density at radius 1 is 1.20 bits per heavy atom. The highest BCUT2D eigenvalue weighted by Gasteiger charge is 2.13. The summed E-state index contributed by atoms with van der Waals surface area (Å²) in [4.78, 5) is 11.7. The molecule has 0 aliphatic carbocycles. The van der Waals surface area contributed by atoms with Crippen molar-refractivity contribution in [2.24, 2.45) is 5.14 Å². The van der Waals surface area contributed by atoms with E-state index in [4.69, 9.17) is 10.2 Å². The van der Waals surface area contributed by atoms with Crippen molar-refractivity contribution in [2.45, 2.75) is 4.90 Å². The van der Waals surface area contributed by atoms with Gasteiger partial charge in [-0.25, -0.2) is 4.79 Å². The van der Waals surface area contributed by atoms with Gasteiger partial charge in [-0.2, -0.15) is 0 Å². The van der Waals surface area contributed by atoms with E-state index in [2.05, 4.69) is 0 Å². The molecule has 0 aliphatic rings. The molecule has 3 nitrogen and oxygen atoms in total. The van der Waals surface area contributed by atoms with Gasteiger partial charge in [-0.05, 0) is 28.8 Å². The Labute approximate surface area is 91.0 Å². The van der Waals surface area contributed by atoms with Crippen molar-refractivity contribution in [2.75, 3.05) is 0 Å². The van der Waals surface area contributed by atoms with Gasteiger partial charge in [-0.1, -0.05) is 30.3 Å². The largest absolute Gasteiger partial charge is 0.478 e. The molecule has 2 rings (SSSR count). The van der Waals surface area contributed by atoms with E-state index in [-0.39, 0.29) is 5.56 Å². The number of fused-ring (bicyclic) bond motifs is 1. The highest BCUT2D eigenvalue weighted by atomic mass is 32.2. The Bertz CT molecular complexity index is 525. The van der Waals surface area contributed by atoms with Gasteiger partial charge in [0.15, 0.2) is 0 Å². The first-order chi connectivity index (χ1) is 7.24. The van der Waals surface area contributed by atoms with E-state index in [1.165, 1.54) is 0 Å². The van der Waals surface area contributed by atoms with Gasteiger partial charge in [0.05, 0.1) is 5.56 Å². The van der Waals surface area contributed by atoms with Crippen LogP contribution in [0.2, 0.25) is 0 Å². The smallest absolute Gasteiger partial charge is 0.337 e. The monoisotopic (exact) mass is 219 g/mol. The lowest BCUT2D eigenvalue weighted by atomic mass is 10.0. The van der Waals surface area contributed by atoms with Crippen molar-refractivity contribution in [3.05, 3.63) is 42.0 Å². The molecule has 0 fully saturated rings. The van der Waals surface area contributed by atoms with Gasteiger partial charge >= 0.3 is 5.97 Å². The fourth-order valence-corrected chi connectivity index (χ4v) is 2.03. The number of carbonyl (C=O) groups is 1. The van der Waals surface area contributed by atoms with Gasteiger partial charge in [0.2, 0.25) is 0 Å². The lowest BCUT2D eigenvalue weighted by Crippen LogP contribution is -2.01. The highest BCUT2D eigenvalue weighted by Crippen LogP contribution is 2.27. The van der Waals surface area contributed by atoms with Crippen molar-refractivity contribution in [1.82, 2.24) is 0 Å². The third-order valence-electron chi connectivity index (χ3n) is 2.23. The van der Waals surface area contributed by atoms with Gasteiger partial charge in [-0.3, -0.25) is 5.14 Å². The fourth-order valence-electron chi connectivity index (χ4n) is 1.57. The maximum Gasteiger partial charge on any atom is 0.337 e. The molecule has 0 aliphatic heterocycles. The van der Waals surface area contributed by atoms with Crippen LogP contribution in [0.5, 0.6) is 0 Å². The average Bonchev–Trinajstić information content (AvgIpc) is 2.27. The summed E-state index contributed by atoms with van der Waals surface area (Å²) in [6.07, 6.45) is 0. The molecule has 0 unspecified atom stereocenters. The molecule has 3 N–H and O–H groups in total. The lowest BCUT2D eigenvalue weighted by molar-refractivity contribution is 0.0695. The van der Waals surface area contributed by atoms with Gasteiger partial charge in [0.25, 0.3) is 0 Å². The minimum atomic E-state index is -0.945. The molecule has 0 saturated carbocycles. The van der Waals surface area contributed by atoms with E-state index in [1.54, 1.807) is 12.1 Å². The molecule has 2 aromatic rings. The second kappa shape index (κ2) is 3.92. The van der Waals surface area contributed by atoms with E-state index >= 15 is 0 Å². The van der Waals surface area contributed by atoms with E-state index in [0.717, 1.165) is 22.7 Å². The van der Waals surface area contributed by atoms with Crippen molar-refractivity contribution in [1.29, 1.82) is 0 Å². The van der Waals surface area contributed by atoms with Crippen LogP contribution in [0.25, 0.3) is 10.8 Å². The summed E-state index contributed by atoms with van der Waals surface area (Å²) in [7, 11) is 0. The Morgan fingerprint density at radius 2 is 1.93 bits per heavy atom. The molecule has 0 atom stereocenters. The molecule has 76 valence electrons. The normalized spacial score (nSPS) is 10.5. The predicted molar refractivity (Wildman–Crippen MR) is 61.0 cm³/mol. The zero-order chi connectivity index (χ0) is 10.8. The Hall–Kier alpha value is -1.52. The number of carboxylic acid groups (broad SMARTS) is 1. The number of hydrogen-bond donors (Lipinski definition) is 2. The number of nitrogens with two attached hydrogens (primary N) is 1. The predicted octanol–water partition coefficient (Wildman–Crippen LogP) is 2.50. The summed E-state index contributed by atoms with van der Waals surface area (Å²) in [6.45, 7) is 0. The standard InChI is InChI=1S/C11H9NO2S/c12-15-9-6-5-7-3-1-2-4-8(7)10(9)11(13)14/h1-6H,12H2,(H,13,14). The van der Waals surface area contributed by atoms with Crippen LogP contribution < -0.4 is 5.14 Å². The van der Waals surface area contributed by atoms with Crippen molar-refractivity contribution in [3.63, 3.8) is 0 Å². The van der Waals surface area contributed by atoms with Crippen LogP contribution in [0.4, 0.5) is 0 Å². The maximum absolute atomic E-state index is 11.1. The molecule has 15 heavy (non-hydrogen) atoms. The number of rotatable bonds is 2. The van der Waals surface area contributed by atoms with Crippen LogP contribution >= 0.6 is 11.9 Å². The van der Waals surface area contributed by atoms with Crippen LogP contribution in [0.1, 0.15) is 10.4 Å². The third-order valence-corrected chi connectivity index (χ3v) is 2.83. The van der Waals surface area contributed by atoms with Gasteiger partial charge in [-0.15, -0.1) is 0 Å². The second-order valence-electron chi connectivity index (χ2n) is 3.08. The van der Waals surface area contributed by atoms with Crippen molar-refractivity contribution < 1.29 is 9.90 Å². The molecule has 0 bridgehead atoms. The molecule has 0 heterocycles. The van der Waals surface area contributed by atoms with E-state index < -0.39 is 5.97 Å². The molecular weight excluding hydrogens is 210 g/mol. The Morgan fingerprint density at radius 3 is 2.60 bits per heavy atom. The Balaban J connectivity index is 2.85. The zero-order valence-corrected chi connectivity index (χ0v) is 8.62. The SMILES string of the molecule is NSc1ccc2ccccc2c1C(=O)O. The van der Waals surface area contributed by atoms with Crippen LogP contribution in [0.15, 0.2) is 41.3 Å². The number of benzene rings is 2. The van der Waals surface area contributed by atoms with Gasteiger partial charge in [0, 0.05) is 4.90 Å². The van der Waals surface area contributed by atoms with E-state index in [9.17, 15) is 4.79 Å². The third kappa shape index (κ3) is 1.69. The fraction of sp³-hybridized carbons (Fsp3) is 0. The molecule has 2 aromatic carbocycles. The summed E-state index contributed by atoms with van der Waals surface area (Å²) in [5.74, 6) is -0.945. The van der Waals surface area contributed by atoms with Crippen molar-refractivity contribution in [3.8, 4) is 0 Å².